The first-order valence-corrected chi connectivity index (χ1v) is 6.78. The van der Waals surface area contributed by atoms with Gasteiger partial charge in [-0.15, -0.1) is 11.8 Å². The lowest BCUT2D eigenvalue weighted by Crippen LogP contribution is -2.20. The second-order valence-corrected chi connectivity index (χ2v) is 5.13. The van der Waals surface area contributed by atoms with Crippen molar-refractivity contribution in [3.63, 3.8) is 0 Å². The van der Waals surface area contributed by atoms with Gasteiger partial charge in [0, 0.05) is 18.0 Å². The Balaban J connectivity index is 3.00. The Morgan fingerprint density at radius 2 is 2.11 bits per heavy atom. The maximum absolute atomic E-state index is 13.6. The minimum Gasteiger partial charge on any atom is -0.358 e. The van der Waals surface area contributed by atoms with Gasteiger partial charge in [0.15, 0.2) is 0 Å². The van der Waals surface area contributed by atoms with Crippen LogP contribution in [0.3, 0.4) is 0 Å². The van der Waals surface area contributed by atoms with Crippen LogP contribution in [-0.2, 0) is 4.79 Å². The van der Waals surface area contributed by atoms with Crippen molar-refractivity contribution in [2.45, 2.75) is 24.8 Å². The summed E-state index contributed by atoms with van der Waals surface area (Å²) in [5.41, 5.74) is 1.48. The van der Waals surface area contributed by atoms with Gasteiger partial charge in [0.25, 0.3) is 0 Å². The molecule has 100 valence electrons. The molecule has 1 amide bonds. The molecule has 0 radical (unpaired) electrons. The molecule has 0 aliphatic rings. The van der Waals surface area contributed by atoms with E-state index >= 15 is 0 Å². The van der Waals surface area contributed by atoms with Gasteiger partial charge in [0.1, 0.15) is 5.82 Å². The normalized spacial score (nSPS) is 12.3. The van der Waals surface area contributed by atoms with E-state index in [1.807, 2.05) is 14.0 Å². The monoisotopic (exact) mass is 270 g/mol. The van der Waals surface area contributed by atoms with Crippen LogP contribution in [0.15, 0.2) is 17.0 Å². The van der Waals surface area contributed by atoms with Crippen LogP contribution in [0.2, 0.25) is 0 Å². The Bertz CT molecular complexity index is 437. The minimum atomic E-state index is -0.212. The molecule has 0 aromatic heterocycles. The largest absolute Gasteiger partial charge is 0.358 e. The van der Waals surface area contributed by atoms with Gasteiger partial charge in [-0.3, -0.25) is 4.79 Å². The first-order valence-electron chi connectivity index (χ1n) is 5.80. The number of thioether (sulfide) groups is 1. The molecular weight excluding hydrogens is 251 g/mol. The van der Waals surface area contributed by atoms with Crippen molar-refractivity contribution >= 4 is 17.7 Å². The number of aryl methyl sites for hydroxylation is 1. The summed E-state index contributed by atoms with van der Waals surface area (Å²) < 4.78 is 13.6. The van der Waals surface area contributed by atoms with Crippen molar-refractivity contribution in [2.24, 2.45) is 0 Å². The zero-order valence-electron chi connectivity index (χ0n) is 11.1. The molecule has 3 nitrogen and oxygen atoms in total. The molecule has 0 saturated heterocycles. The number of nitrogens with one attached hydrogen (secondary N) is 2. The highest BCUT2D eigenvalue weighted by Gasteiger charge is 2.13. The highest BCUT2D eigenvalue weighted by atomic mass is 32.2. The summed E-state index contributed by atoms with van der Waals surface area (Å²) in [7, 11) is 3.44. The number of halogens is 1. The highest BCUT2D eigenvalue weighted by Crippen LogP contribution is 2.29. The third-order valence-electron chi connectivity index (χ3n) is 2.83. The van der Waals surface area contributed by atoms with E-state index in [2.05, 4.69) is 10.6 Å². The number of carbonyl (C=O) groups is 1. The Morgan fingerprint density at radius 3 is 2.67 bits per heavy atom. The topological polar surface area (TPSA) is 41.1 Å². The van der Waals surface area contributed by atoms with Gasteiger partial charge in [0.05, 0.1) is 5.75 Å². The molecule has 0 spiro atoms. The highest BCUT2D eigenvalue weighted by molar-refractivity contribution is 8.00. The maximum Gasteiger partial charge on any atom is 0.230 e. The van der Waals surface area contributed by atoms with E-state index in [4.69, 9.17) is 0 Å². The number of rotatable bonds is 5. The van der Waals surface area contributed by atoms with E-state index in [-0.39, 0.29) is 17.8 Å². The smallest absolute Gasteiger partial charge is 0.230 e. The van der Waals surface area contributed by atoms with E-state index in [9.17, 15) is 9.18 Å². The molecule has 0 aliphatic heterocycles. The molecule has 0 bridgehead atoms. The lowest BCUT2D eigenvalue weighted by atomic mass is 10.1. The predicted octanol–water partition coefficient (Wildman–Crippen LogP) is 2.25. The molecule has 5 heteroatoms. The molecule has 1 aromatic carbocycles. The van der Waals surface area contributed by atoms with Gasteiger partial charge in [0.2, 0.25) is 5.91 Å². The lowest BCUT2D eigenvalue weighted by molar-refractivity contribution is -0.118. The summed E-state index contributed by atoms with van der Waals surface area (Å²) in [6.07, 6.45) is 0. The Kier molecular flexibility index (Phi) is 5.62. The summed E-state index contributed by atoms with van der Waals surface area (Å²) in [6.45, 7) is 3.70. The van der Waals surface area contributed by atoms with E-state index in [1.54, 1.807) is 26.1 Å². The molecule has 0 heterocycles. The number of carbonyl (C=O) groups excluding carboxylic acids is 1. The summed E-state index contributed by atoms with van der Waals surface area (Å²) in [6, 6.07) is 3.39. The standard InChI is InChI=1S/C13H19FN2OS/c1-8-5-12(18-7-13(17)16-4)10(6-11(8)14)9(2)15-3/h5-6,9,15H,7H2,1-4H3,(H,16,17). The van der Waals surface area contributed by atoms with Crippen LogP contribution in [0, 0.1) is 12.7 Å². The fourth-order valence-electron chi connectivity index (χ4n) is 1.50. The van der Waals surface area contributed by atoms with Crippen LogP contribution >= 0.6 is 11.8 Å². The Hall–Kier alpha value is -1.07. The quantitative estimate of drug-likeness (QED) is 0.806. The van der Waals surface area contributed by atoms with Crippen LogP contribution in [0.5, 0.6) is 0 Å². The number of hydrogen-bond donors (Lipinski definition) is 2. The Morgan fingerprint density at radius 1 is 1.44 bits per heavy atom. The number of amides is 1. The SMILES string of the molecule is CNC(=O)CSc1cc(C)c(F)cc1C(C)NC. The van der Waals surface area contributed by atoms with Gasteiger partial charge in [-0.2, -0.15) is 0 Å². The van der Waals surface area contributed by atoms with Gasteiger partial charge in [-0.05, 0) is 44.2 Å². The van der Waals surface area contributed by atoms with Crippen molar-refractivity contribution in [1.82, 2.24) is 10.6 Å². The summed E-state index contributed by atoms with van der Waals surface area (Å²) in [4.78, 5) is 12.2. The summed E-state index contributed by atoms with van der Waals surface area (Å²) in [5.74, 6) is 0.0896. The van der Waals surface area contributed by atoms with Crippen molar-refractivity contribution in [3.8, 4) is 0 Å². The van der Waals surface area contributed by atoms with Gasteiger partial charge in [-0.25, -0.2) is 4.39 Å². The van der Waals surface area contributed by atoms with Gasteiger partial charge in [-0.1, -0.05) is 0 Å². The second kappa shape index (κ2) is 6.75. The molecule has 0 saturated carbocycles. The van der Waals surface area contributed by atoms with Gasteiger partial charge < -0.3 is 10.6 Å². The third kappa shape index (κ3) is 3.71. The van der Waals surface area contributed by atoms with Crippen LogP contribution in [0.4, 0.5) is 4.39 Å². The predicted molar refractivity (Wildman–Crippen MR) is 73.4 cm³/mol. The van der Waals surface area contributed by atoms with Crippen LogP contribution < -0.4 is 10.6 Å². The van der Waals surface area contributed by atoms with Crippen molar-refractivity contribution in [2.75, 3.05) is 19.8 Å². The Labute approximate surface area is 112 Å². The van der Waals surface area contributed by atoms with E-state index in [1.165, 1.54) is 11.8 Å². The van der Waals surface area contributed by atoms with E-state index < -0.39 is 0 Å². The van der Waals surface area contributed by atoms with E-state index in [0.29, 0.717) is 11.3 Å². The third-order valence-corrected chi connectivity index (χ3v) is 3.90. The zero-order valence-corrected chi connectivity index (χ0v) is 12.0. The van der Waals surface area contributed by atoms with E-state index in [0.717, 1.165) is 10.5 Å². The second-order valence-electron chi connectivity index (χ2n) is 4.11. The zero-order chi connectivity index (χ0) is 13.7. The summed E-state index contributed by atoms with van der Waals surface area (Å²) in [5, 5.41) is 5.66. The van der Waals surface area contributed by atoms with Crippen LogP contribution in [0.25, 0.3) is 0 Å². The first-order chi connectivity index (χ1) is 8.49. The van der Waals surface area contributed by atoms with Crippen molar-refractivity contribution in [1.29, 1.82) is 0 Å². The molecule has 1 aromatic rings. The molecular formula is C13H19FN2OS. The first kappa shape index (κ1) is 15.0. The van der Waals surface area contributed by atoms with Crippen LogP contribution in [-0.4, -0.2) is 25.8 Å². The number of benzene rings is 1. The fourth-order valence-corrected chi connectivity index (χ4v) is 2.60. The molecule has 1 rings (SSSR count). The molecule has 2 N–H and O–H groups in total. The van der Waals surface area contributed by atoms with Crippen LogP contribution in [0.1, 0.15) is 24.1 Å². The van der Waals surface area contributed by atoms with Gasteiger partial charge >= 0.3 is 0 Å². The average Bonchev–Trinajstić information content (AvgIpc) is 2.38. The molecule has 18 heavy (non-hydrogen) atoms. The molecule has 1 unspecified atom stereocenters. The maximum atomic E-state index is 13.6. The molecule has 0 fully saturated rings. The number of hydrogen-bond acceptors (Lipinski definition) is 3. The molecule has 0 aliphatic carbocycles. The fraction of sp³-hybridized carbons (Fsp3) is 0.462. The van der Waals surface area contributed by atoms with Crippen molar-refractivity contribution < 1.29 is 9.18 Å². The summed E-state index contributed by atoms with van der Waals surface area (Å²) >= 11 is 1.43. The average molecular weight is 270 g/mol. The lowest BCUT2D eigenvalue weighted by Gasteiger charge is -2.16. The minimum absolute atomic E-state index is 0.0370. The van der Waals surface area contributed by atoms with Crippen molar-refractivity contribution in [3.05, 3.63) is 29.1 Å². The molecule has 1 atom stereocenters.